The predicted octanol–water partition coefficient (Wildman–Crippen LogP) is 6.44. The van der Waals surface area contributed by atoms with Crippen LogP contribution in [0, 0.1) is 5.92 Å². The summed E-state index contributed by atoms with van der Waals surface area (Å²) in [6, 6.07) is 8.50. The molecule has 1 aliphatic rings. The number of hydrogen-bond acceptors (Lipinski definition) is 2. The number of aliphatic imine (C=N–C) groups is 1. The van der Waals surface area contributed by atoms with Gasteiger partial charge in [-0.3, -0.25) is 0 Å². The third kappa shape index (κ3) is 5.22. The van der Waals surface area contributed by atoms with Crippen molar-refractivity contribution in [2.45, 2.75) is 57.8 Å². The minimum atomic E-state index is 0.718. The van der Waals surface area contributed by atoms with Gasteiger partial charge in [-0.25, -0.2) is 0 Å². The van der Waals surface area contributed by atoms with Crippen LogP contribution in [0.3, 0.4) is 0 Å². The van der Waals surface area contributed by atoms with E-state index in [2.05, 4.69) is 53.6 Å². The number of hydrogen-bond donors (Lipinski definition) is 0. The molecule has 2 rings (SSSR count). The molecule has 21 heavy (non-hydrogen) atoms. The van der Waals surface area contributed by atoms with Crippen LogP contribution in [0.1, 0.15) is 63.4 Å². The normalized spacial score (nSPS) is 22.1. The number of isothiocyanates is 1. The highest BCUT2D eigenvalue weighted by molar-refractivity contribution is 7.78. The van der Waals surface area contributed by atoms with Crippen LogP contribution in [0.15, 0.2) is 41.4 Å². The topological polar surface area (TPSA) is 12.4 Å². The minimum absolute atomic E-state index is 0.718. The fourth-order valence-electron chi connectivity index (χ4n) is 3.13. The van der Waals surface area contributed by atoms with Crippen LogP contribution >= 0.6 is 12.2 Å². The summed E-state index contributed by atoms with van der Waals surface area (Å²) in [4.78, 5) is 4.01. The number of allylic oxidation sites excluding steroid dienone is 2. The standard InChI is InChI=1S/C19H25NS/c1-2-3-4-5-6-16-7-9-17(10-8-16)18-11-13-19(14-12-18)20-15-21/h5-6,11-14,16-17H,2-4,7-10H2,1H3/b6-5+. The van der Waals surface area contributed by atoms with Crippen LogP contribution in [-0.4, -0.2) is 5.16 Å². The average molecular weight is 299 g/mol. The fraction of sp³-hybridized carbons (Fsp3) is 0.526. The summed E-state index contributed by atoms with van der Waals surface area (Å²) >= 11 is 4.63. The molecular weight excluding hydrogens is 274 g/mol. The van der Waals surface area contributed by atoms with Gasteiger partial charge in [-0.1, -0.05) is 44.1 Å². The third-order valence-corrected chi connectivity index (χ3v) is 4.53. The molecule has 0 atom stereocenters. The lowest BCUT2D eigenvalue weighted by Gasteiger charge is -2.27. The van der Waals surface area contributed by atoms with Gasteiger partial charge in [0.2, 0.25) is 0 Å². The monoisotopic (exact) mass is 299 g/mol. The van der Waals surface area contributed by atoms with Crippen molar-refractivity contribution in [1.29, 1.82) is 0 Å². The zero-order valence-electron chi connectivity index (χ0n) is 12.9. The van der Waals surface area contributed by atoms with Crippen molar-refractivity contribution < 1.29 is 0 Å². The SMILES string of the molecule is CCCC/C=C/C1CCC(c2ccc(N=C=S)cc2)CC1. The highest BCUT2D eigenvalue weighted by atomic mass is 32.1. The second-order valence-electron chi connectivity index (χ2n) is 5.98. The Kier molecular flexibility index (Phi) is 6.85. The van der Waals surface area contributed by atoms with Crippen molar-refractivity contribution in [3.8, 4) is 0 Å². The summed E-state index contributed by atoms with van der Waals surface area (Å²) in [5.41, 5.74) is 2.35. The third-order valence-electron chi connectivity index (χ3n) is 4.44. The van der Waals surface area contributed by atoms with Gasteiger partial charge in [-0.05, 0) is 73.9 Å². The Balaban J connectivity index is 1.83. The number of nitrogens with zero attached hydrogens (tertiary/aromatic N) is 1. The van der Waals surface area contributed by atoms with Crippen molar-refractivity contribution in [1.82, 2.24) is 0 Å². The molecule has 112 valence electrons. The molecule has 1 fully saturated rings. The van der Waals surface area contributed by atoms with Gasteiger partial charge in [0, 0.05) is 0 Å². The largest absolute Gasteiger partial charge is 0.195 e. The van der Waals surface area contributed by atoms with E-state index in [-0.39, 0.29) is 0 Å². The Morgan fingerprint density at radius 3 is 2.52 bits per heavy atom. The molecule has 1 aromatic carbocycles. The molecule has 0 radical (unpaired) electrons. The second kappa shape index (κ2) is 8.92. The summed E-state index contributed by atoms with van der Waals surface area (Å²) in [7, 11) is 0. The van der Waals surface area contributed by atoms with E-state index in [0.29, 0.717) is 0 Å². The number of benzene rings is 1. The van der Waals surface area contributed by atoms with E-state index in [1.54, 1.807) is 0 Å². The number of unbranched alkanes of at least 4 members (excludes halogenated alkanes) is 2. The second-order valence-corrected chi connectivity index (χ2v) is 6.16. The maximum atomic E-state index is 4.63. The minimum Gasteiger partial charge on any atom is -0.195 e. The smallest absolute Gasteiger partial charge is 0.0739 e. The van der Waals surface area contributed by atoms with Crippen LogP contribution in [0.4, 0.5) is 5.69 Å². The van der Waals surface area contributed by atoms with E-state index < -0.39 is 0 Å². The van der Waals surface area contributed by atoms with E-state index in [4.69, 9.17) is 0 Å². The highest BCUT2D eigenvalue weighted by Crippen LogP contribution is 2.36. The van der Waals surface area contributed by atoms with Crippen LogP contribution in [-0.2, 0) is 0 Å². The summed E-state index contributed by atoms with van der Waals surface area (Å²) in [5.74, 6) is 1.52. The molecule has 0 unspecified atom stereocenters. The van der Waals surface area contributed by atoms with E-state index in [1.807, 2.05) is 12.1 Å². The Morgan fingerprint density at radius 1 is 1.19 bits per heavy atom. The first-order chi connectivity index (χ1) is 10.3. The summed E-state index contributed by atoms with van der Waals surface area (Å²) in [6.45, 7) is 2.25. The van der Waals surface area contributed by atoms with Crippen LogP contribution in [0.2, 0.25) is 0 Å². The molecule has 1 nitrogen and oxygen atoms in total. The van der Waals surface area contributed by atoms with Gasteiger partial charge < -0.3 is 0 Å². The quantitative estimate of drug-likeness (QED) is 0.255. The Labute approximate surface area is 134 Å². The maximum Gasteiger partial charge on any atom is 0.0739 e. The van der Waals surface area contributed by atoms with E-state index >= 15 is 0 Å². The molecule has 0 N–H and O–H groups in total. The van der Waals surface area contributed by atoms with Gasteiger partial charge in [0.1, 0.15) is 0 Å². The van der Waals surface area contributed by atoms with E-state index in [9.17, 15) is 0 Å². The van der Waals surface area contributed by atoms with Crippen molar-refractivity contribution in [2.24, 2.45) is 10.9 Å². The number of rotatable bonds is 6. The molecule has 0 saturated heterocycles. The fourth-order valence-corrected chi connectivity index (χ4v) is 3.23. The zero-order valence-corrected chi connectivity index (χ0v) is 13.7. The highest BCUT2D eigenvalue weighted by Gasteiger charge is 2.20. The molecule has 1 aliphatic carbocycles. The molecule has 1 saturated carbocycles. The van der Waals surface area contributed by atoms with E-state index in [1.165, 1.54) is 50.5 Å². The van der Waals surface area contributed by atoms with Gasteiger partial charge in [-0.2, -0.15) is 4.99 Å². The van der Waals surface area contributed by atoms with Gasteiger partial charge in [0.05, 0.1) is 10.8 Å². The molecule has 0 amide bonds. The van der Waals surface area contributed by atoms with E-state index in [0.717, 1.165) is 17.5 Å². The van der Waals surface area contributed by atoms with Crippen LogP contribution in [0.5, 0.6) is 0 Å². The Morgan fingerprint density at radius 2 is 1.90 bits per heavy atom. The van der Waals surface area contributed by atoms with Crippen molar-refractivity contribution in [2.75, 3.05) is 0 Å². The Bertz CT molecular complexity index is 489. The number of thiocarbonyl (C=S) groups is 1. The first-order valence-electron chi connectivity index (χ1n) is 8.18. The molecule has 0 aromatic heterocycles. The first-order valence-corrected chi connectivity index (χ1v) is 8.58. The summed E-state index contributed by atoms with van der Waals surface area (Å²) in [5, 5.41) is 2.42. The molecule has 2 heteroatoms. The van der Waals surface area contributed by atoms with Crippen molar-refractivity contribution >= 4 is 23.1 Å². The molecule has 0 bridgehead atoms. The summed E-state index contributed by atoms with van der Waals surface area (Å²) in [6.07, 6.45) is 14.0. The maximum absolute atomic E-state index is 4.63. The molecule has 0 heterocycles. The predicted molar refractivity (Wildman–Crippen MR) is 94.5 cm³/mol. The van der Waals surface area contributed by atoms with Crippen molar-refractivity contribution in [3.05, 3.63) is 42.0 Å². The zero-order chi connectivity index (χ0) is 14.9. The summed E-state index contributed by atoms with van der Waals surface area (Å²) < 4.78 is 0. The molecule has 0 aliphatic heterocycles. The molecular formula is C19H25NS. The molecule has 1 aromatic rings. The van der Waals surface area contributed by atoms with Gasteiger partial charge in [0.25, 0.3) is 0 Å². The van der Waals surface area contributed by atoms with Gasteiger partial charge >= 0.3 is 0 Å². The Hall–Kier alpha value is -1.24. The lowest BCUT2D eigenvalue weighted by Crippen LogP contribution is -2.11. The first kappa shape index (κ1) is 16.1. The van der Waals surface area contributed by atoms with Crippen LogP contribution < -0.4 is 0 Å². The van der Waals surface area contributed by atoms with Crippen LogP contribution in [0.25, 0.3) is 0 Å². The lowest BCUT2D eigenvalue weighted by molar-refractivity contribution is 0.375. The van der Waals surface area contributed by atoms with Crippen molar-refractivity contribution in [3.63, 3.8) is 0 Å². The molecule has 0 spiro atoms. The van der Waals surface area contributed by atoms with Gasteiger partial charge in [0.15, 0.2) is 0 Å². The average Bonchev–Trinajstić information content (AvgIpc) is 2.53. The lowest BCUT2D eigenvalue weighted by atomic mass is 9.78. The van der Waals surface area contributed by atoms with Gasteiger partial charge in [-0.15, -0.1) is 0 Å².